The number of rotatable bonds is 21. The number of hydrogen-bond acceptors (Lipinski definition) is 3. The van der Waals surface area contributed by atoms with Crippen LogP contribution in [0.2, 0.25) is 0 Å². The van der Waals surface area contributed by atoms with E-state index in [9.17, 15) is 0 Å². The molecule has 0 aromatic carbocycles. The first-order valence-electron chi connectivity index (χ1n) is 11.1. The van der Waals surface area contributed by atoms with Crippen LogP contribution < -0.4 is 10.6 Å². The first-order chi connectivity index (χ1) is 12.4. The molecule has 3 heteroatoms. The van der Waals surface area contributed by atoms with Crippen LogP contribution >= 0.6 is 0 Å². The Labute approximate surface area is 158 Å². The molecule has 0 rings (SSSR count). The van der Waals surface area contributed by atoms with Gasteiger partial charge in [-0.25, -0.2) is 0 Å². The average Bonchev–Trinajstić information content (AvgIpc) is 2.63. The van der Waals surface area contributed by atoms with Crippen molar-refractivity contribution >= 4 is 0 Å². The molecule has 3 N–H and O–H groups in total. The number of aliphatic hydroxyl groups is 1. The van der Waals surface area contributed by atoms with E-state index in [-0.39, 0.29) is 6.61 Å². The van der Waals surface area contributed by atoms with E-state index in [1.807, 2.05) is 0 Å². The van der Waals surface area contributed by atoms with Gasteiger partial charge in [-0.05, 0) is 38.6 Å². The molecule has 25 heavy (non-hydrogen) atoms. The summed E-state index contributed by atoms with van der Waals surface area (Å²) in [6.45, 7) is 6.30. The van der Waals surface area contributed by atoms with Crippen LogP contribution in [0.25, 0.3) is 0 Å². The summed E-state index contributed by atoms with van der Waals surface area (Å²) in [5.41, 5.74) is 0. The molecular formula is C22H46N2O. The molecule has 0 amide bonds. The first kappa shape index (κ1) is 24.6. The highest BCUT2D eigenvalue weighted by atomic mass is 16.3. The maximum absolute atomic E-state index is 8.64. The van der Waals surface area contributed by atoms with Gasteiger partial charge in [0.05, 0.1) is 6.61 Å². The number of nitrogens with one attached hydrogen (secondary N) is 2. The Bertz CT molecular complexity index is 256. The van der Waals surface area contributed by atoms with E-state index < -0.39 is 0 Å². The molecule has 3 nitrogen and oxygen atoms in total. The van der Waals surface area contributed by atoms with Gasteiger partial charge in [0.2, 0.25) is 0 Å². The minimum Gasteiger partial charge on any atom is -0.395 e. The molecule has 0 aliphatic carbocycles. The van der Waals surface area contributed by atoms with Gasteiger partial charge >= 0.3 is 0 Å². The van der Waals surface area contributed by atoms with Crippen molar-refractivity contribution in [3.8, 4) is 0 Å². The molecule has 0 saturated carbocycles. The van der Waals surface area contributed by atoms with Crippen molar-refractivity contribution in [1.29, 1.82) is 0 Å². The van der Waals surface area contributed by atoms with E-state index in [1.54, 1.807) is 0 Å². The van der Waals surface area contributed by atoms with Gasteiger partial charge in [0.1, 0.15) is 0 Å². The van der Waals surface area contributed by atoms with Crippen molar-refractivity contribution < 1.29 is 5.11 Å². The second kappa shape index (κ2) is 23.6. The molecule has 0 aliphatic heterocycles. The first-order valence-corrected chi connectivity index (χ1v) is 11.1. The second-order valence-electron chi connectivity index (χ2n) is 7.16. The molecule has 0 fully saturated rings. The largest absolute Gasteiger partial charge is 0.395 e. The Hall–Kier alpha value is -0.380. The summed E-state index contributed by atoms with van der Waals surface area (Å²) in [7, 11) is 0. The van der Waals surface area contributed by atoms with Gasteiger partial charge in [-0.3, -0.25) is 0 Å². The van der Waals surface area contributed by atoms with E-state index >= 15 is 0 Å². The molecule has 0 heterocycles. The average molecular weight is 355 g/mol. The zero-order valence-corrected chi connectivity index (χ0v) is 17.0. The Balaban J connectivity index is 3.03. The molecule has 0 atom stereocenters. The Kier molecular flexibility index (Phi) is 23.3. The minimum absolute atomic E-state index is 0.231. The van der Waals surface area contributed by atoms with Crippen LogP contribution in [0, 0.1) is 0 Å². The van der Waals surface area contributed by atoms with Crippen molar-refractivity contribution in [2.45, 2.75) is 96.8 Å². The summed E-state index contributed by atoms with van der Waals surface area (Å²) in [6, 6.07) is 0. The van der Waals surface area contributed by atoms with Crippen molar-refractivity contribution in [3.05, 3.63) is 12.2 Å². The highest BCUT2D eigenvalue weighted by Crippen LogP contribution is 2.09. The molecule has 0 aliphatic rings. The maximum Gasteiger partial charge on any atom is 0.0555 e. The van der Waals surface area contributed by atoms with Crippen LogP contribution in [0.4, 0.5) is 0 Å². The van der Waals surface area contributed by atoms with Crippen LogP contribution in [0.5, 0.6) is 0 Å². The SMILES string of the molecule is CCCCCCCCC=CCCCCCCCCNCCNCCO. The normalized spacial score (nSPS) is 11.6. The van der Waals surface area contributed by atoms with Crippen LogP contribution in [-0.4, -0.2) is 37.9 Å². The van der Waals surface area contributed by atoms with Crippen molar-refractivity contribution in [2.75, 3.05) is 32.8 Å². The monoisotopic (exact) mass is 354 g/mol. The maximum atomic E-state index is 8.64. The van der Waals surface area contributed by atoms with Gasteiger partial charge in [0.15, 0.2) is 0 Å². The molecular weight excluding hydrogens is 308 g/mol. The van der Waals surface area contributed by atoms with Crippen LogP contribution in [-0.2, 0) is 0 Å². The van der Waals surface area contributed by atoms with Crippen molar-refractivity contribution in [3.63, 3.8) is 0 Å². The molecule has 0 aromatic heterocycles. The van der Waals surface area contributed by atoms with Gasteiger partial charge in [-0.15, -0.1) is 0 Å². The third kappa shape index (κ3) is 23.6. The fourth-order valence-electron chi connectivity index (χ4n) is 3.00. The lowest BCUT2D eigenvalue weighted by Gasteiger charge is -2.05. The summed E-state index contributed by atoms with van der Waals surface area (Å²) in [5, 5.41) is 15.3. The van der Waals surface area contributed by atoms with E-state index in [0.29, 0.717) is 6.54 Å². The zero-order valence-electron chi connectivity index (χ0n) is 17.0. The van der Waals surface area contributed by atoms with E-state index in [0.717, 1.165) is 19.6 Å². The van der Waals surface area contributed by atoms with Crippen LogP contribution in [0.1, 0.15) is 96.8 Å². The summed E-state index contributed by atoms with van der Waals surface area (Å²) < 4.78 is 0. The smallest absolute Gasteiger partial charge is 0.0555 e. The summed E-state index contributed by atoms with van der Waals surface area (Å²) in [4.78, 5) is 0. The van der Waals surface area contributed by atoms with Gasteiger partial charge in [0, 0.05) is 19.6 Å². The lowest BCUT2D eigenvalue weighted by Crippen LogP contribution is -2.29. The van der Waals surface area contributed by atoms with E-state index in [1.165, 1.54) is 89.9 Å². The predicted molar refractivity (Wildman–Crippen MR) is 112 cm³/mol. The lowest BCUT2D eigenvalue weighted by molar-refractivity contribution is 0.292. The fourth-order valence-corrected chi connectivity index (χ4v) is 3.00. The molecule has 0 aromatic rings. The summed E-state index contributed by atoms with van der Waals surface area (Å²) >= 11 is 0. The summed E-state index contributed by atoms with van der Waals surface area (Å²) in [6.07, 6.45) is 23.9. The topological polar surface area (TPSA) is 44.3 Å². The van der Waals surface area contributed by atoms with Gasteiger partial charge < -0.3 is 15.7 Å². The van der Waals surface area contributed by atoms with Crippen LogP contribution in [0.3, 0.4) is 0 Å². The standard InChI is InChI=1S/C22H46N2O/c1-2-3-4-5-6-7-8-9-10-11-12-13-14-15-16-17-18-23-19-20-24-21-22-25/h9-10,23-25H,2-8,11-22H2,1H3. The molecule has 0 spiro atoms. The number of unbranched alkanes of at least 4 members (excludes halogenated alkanes) is 12. The van der Waals surface area contributed by atoms with E-state index in [4.69, 9.17) is 5.11 Å². The third-order valence-corrected chi connectivity index (χ3v) is 4.63. The van der Waals surface area contributed by atoms with Crippen molar-refractivity contribution in [2.24, 2.45) is 0 Å². The Morgan fingerprint density at radius 3 is 1.60 bits per heavy atom. The Morgan fingerprint density at radius 1 is 0.560 bits per heavy atom. The van der Waals surface area contributed by atoms with Gasteiger partial charge in [-0.2, -0.15) is 0 Å². The highest BCUT2D eigenvalue weighted by molar-refractivity contribution is 4.81. The molecule has 0 bridgehead atoms. The summed E-state index contributed by atoms with van der Waals surface area (Å²) in [5.74, 6) is 0. The molecule has 0 saturated heterocycles. The van der Waals surface area contributed by atoms with Crippen LogP contribution in [0.15, 0.2) is 12.2 Å². The third-order valence-electron chi connectivity index (χ3n) is 4.63. The fraction of sp³-hybridized carbons (Fsp3) is 0.909. The zero-order chi connectivity index (χ0) is 18.3. The second-order valence-corrected chi connectivity index (χ2v) is 7.16. The Morgan fingerprint density at radius 2 is 1.04 bits per heavy atom. The van der Waals surface area contributed by atoms with Crippen molar-refractivity contribution in [1.82, 2.24) is 10.6 Å². The number of aliphatic hydroxyl groups excluding tert-OH is 1. The predicted octanol–water partition coefficient (Wildman–Crippen LogP) is 5.20. The lowest BCUT2D eigenvalue weighted by atomic mass is 10.1. The number of hydrogen-bond donors (Lipinski definition) is 3. The van der Waals surface area contributed by atoms with Gasteiger partial charge in [0.25, 0.3) is 0 Å². The molecule has 150 valence electrons. The number of allylic oxidation sites excluding steroid dienone is 2. The van der Waals surface area contributed by atoms with Gasteiger partial charge in [-0.1, -0.05) is 76.9 Å². The molecule has 0 radical (unpaired) electrons. The quantitative estimate of drug-likeness (QED) is 0.196. The highest BCUT2D eigenvalue weighted by Gasteiger charge is 1.92. The molecule has 0 unspecified atom stereocenters. The minimum atomic E-state index is 0.231. The van der Waals surface area contributed by atoms with E-state index in [2.05, 4.69) is 29.7 Å².